The van der Waals surface area contributed by atoms with E-state index in [-0.39, 0.29) is 16.7 Å². The van der Waals surface area contributed by atoms with Gasteiger partial charge in [0.1, 0.15) is 4.83 Å². The van der Waals surface area contributed by atoms with E-state index in [1.165, 1.54) is 23.1 Å². The van der Waals surface area contributed by atoms with Crippen molar-refractivity contribution in [3.8, 4) is 11.1 Å². The van der Waals surface area contributed by atoms with Crippen LogP contribution in [0.1, 0.15) is 6.92 Å². The molecule has 2 aromatic heterocycles. The minimum absolute atomic E-state index is 0.0407. The fourth-order valence-corrected chi connectivity index (χ4v) is 5.46. The summed E-state index contributed by atoms with van der Waals surface area (Å²) in [5.41, 5.74) is 1.78. The van der Waals surface area contributed by atoms with Gasteiger partial charge in [-0.25, -0.2) is 4.98 Å². The molecule has 30 heavy (non-hydrogen) atoms. The Morgan fingerprint density at radius 1 is 1.33 bits per heavy atom. The number of carbonyl (C=O) groups is 1. The van der Waals surface area contributed by atoms with E-state index >= 15 is 0 Å². The van der Waals surface area contributed by atoms with Gasteiger partial charge in [-0.2, -0.15) is 0 Å². The highest BCUT2D eigenvalue weighted by atomic mass is 32.2. The number of hydrogen-bond donors (Lipinski definition) is 0. The number of nitrogens with zero attached hydrogens (tertiary/aromatic N) is 3. The smallest absolute Gasteiger partial charge is 0.263 e. The number of thioether (sulfide) groups is 1. The van der Waals surface area contributed by atoms with Gasteiger partial charge in [0, 0.05) is 30.6 Å². The van der Waals surface area contributed by atoms with Gasteiger partial charge in [0.2, 0.25) is 5.91 Å². The van der Waals surface area contributed by atoms with Crippen molar-refractivity contribution in [1.29, 1.82) is 0 Å². The van der Waals surface area contributed by atoms with Crippen molar-refractivity contribution in [1.82, 2.24) is 14.5 Å². The molecule has 3 heterocycles. The average molecular weight is 442 g/mol. The Morgan fingerprint density at radius 3 is 2.77 bits per heavy atom. The summed E-state index contributed by atoms with van der Waals surface area (Å²) in [4.78, 5) is 33.5. The molecule has 0 saturated carbocycles. The number of rotatable bonds is 6. The highest BCUT2D eigenvalue weighted by Crippen LogP contribution is 2.33. The predicted octanol–water partition coefficient (Wildman–Crippen LogP) is 3.65. The first-order chi connectivity index (χ1) is 14.6. The topological polar surface area (TPSA) is 64.4 Å². The monoisotopic (exact) mass is 441 g/mol. The van der Waals surface area contributed by atoms with Crippen LogP contribution in [-0.2, 0) is 16.1 Å². The Hall–Kier alpha value is -2.42. The van der Waals surface area contributed by atoms with E-state index < -0.39 is 0 Å². The largest absolute Gasteiger partial charge is 0.378 e. The first-order valence-electron chi connectivity index (χ1n) is 9.81. The second kappa shape index (κ2) is 9.16. The van der Waals surface area contributed by atoms with Crippen molar-refractivity contribution >= 4 is 39.2 Å². The lowest BCUT2D eigenvalue weighted by Gasteiger charge is -2.29. The van der Waals surface area contributed by atoms with Gasteiger partial charge >= 0.3 is 0 Å². The summed E-state index contributed by atoms with van der Waals surface area (Å²) in [6, 6.07) is 9.85. The molecule has 6 nitrogen and oxygen atoms in total. The third-order valence-electron chi connectivity index (χ3n) is 5.01. The Bertz CT molecular complexity index is 1120. The molecular weight excluding hydrogens is 418 g/mol. The number of aromatic nitrogens is 2. The first-order valence-corrected chi connectivity index (χ1v) is 11.6. The zero-order valence-electron chi connectivity index (χ0n) is 16.7. The second-order valence-corrected chi connectivity index (χ2v) is 9.16. The lowest BCUT2D eigenvalue weighted by molar-refractivity contribution is -0.134. The molecule has 1 saturated heterocycles. The SMILES string of the molecule is C=CCn1c(SC(C)C(=O)N2CCOCC2)nc2scc(-c3ccccc3)c2c1=O. The molecule has 4 rings (SSSR count). The number of benzene rings is 1. The standard InChI is InChI=1S/C22H23N3O3S2/c1-3-9-25-21(27)18-17(16-7-5-4-6-8-16)14-29-19(18)23-22(25)30-15(2)20(26)24-10-12-28-13-11-24/h3-8,14-15H,1,9-13H2,2H3. The molecule has 1 unspecified atom stereocenters. The third-order valence-corrected chi connectivity index (χ3v) is 6.96. The van der Waals surface area contributed by atoms with E-state index in [1.807, 2.05) is 47.5 Å². The maximum Gasteiger partial charge on any atom is 0.263 e. The number of thiophene rings is 1. The molecule has 0 aliphatic carbocycles. The van der Waals surface area contributed by atoms with E-state index in [9.17, 15) is 9.59 Å². The van der Waals surface area contributed by atoms with Crippen LogP contribution in [0.2, 0.25) is 0 Å². The minimum atomic E-state index is -0.350. The normalized spacial score (nSPS) is 15.3. The molecule has 3 aromatic rings. The van der Waals surface area contributed by atoms with Gasteiger partial charge in [-0.05, 0) is 12.5 Å². The number of morpholine rings is 1. The Labute approximate surface area is 183 Å². The van der Waals surface area contributed by atoms with E-state index in [2.05, 4.69) is 6.58 Å². The summed E-state index contributed by atoms with van der Waals surface area (Å²) in [7, 11) is 0. The molecule has 156 valence electrons. The van der Waals surface area contributed by atoms with Crippen LogP contribution < -0.4 is 5.56 Å². The van der Waals surface area contributed by atoms with Crippen LogP contribution in [-0.4, -0.2) is 51.9 Å². The summed E-state index contributed by atoms with van der Waals surface area (Å²) >= 11 is 2.78. The Morgan fingerprint density at radius 2 is 2.07 bits per heavy atom. The first kappa shape index (κ1) is 20.8. The minimum Gasteiger partial charge on any atom is -0.378 e. The lowest BCUT2D eigenvalue weighted by Crippen LogP contribution is -2.44. The Kier molecular flexibility index (Phi) is 6.36. The van der Waals surface area contributed by atoms with Crippen molar-refractivity contribution in [2.75, 3.05) is 26.3 Å². The van der Waals surface area contributed by atoms with Crippen molar-refractivity contribution in [2.24, 2.45) is 0 Å². The fraction of sp³-hybridized carbons (Fsp3) is 0.318. The number of carbonyl (C=O) groups excluding carboxylic acids is 1. The molecule has 0 bridgehead atoms. The van der Waals surface area contributed by atoms with Crippen LogP contribution in [0.3, 0.4) is 0 Å². The second-order valence-electron chi connectivity index (χ2n) is 6.99. The summed E-state index contributed by atoms with van der Waals surface area (Å²) in [5, 5.41) is 2.79. The molecule has 0 spiro atoms. The van der Waals surface area contributed by atoms with Crippen LogP contribution in [0, 0.1) is 0 Å². The molecule has 1 aliphatic rings. The van der Waals surface area contributed by atoms with Crippen molar-refractivity contribution < 1.29 is 9.53 Å². The molecular formula is C22H23N3O3S2. The molecule has 1 amide bonds. The highest BCUT2D eigenvalue weighted by Gasteiger charge is 2.26. The fourth-order valence-electron chi connectivity index (χ4n) is 3.47. The lowest BCUT2D eigenvalue weighted by atomic mass is 10.1. The molecule has 1 atom stereocenters. The van der Waals surface area contributed by atoms with Gasteiger partial charge in [0.25, 0.3) is 5.56 Å². The third kappa shape index (κ3) is 4.08. The molecule has 8 heteroatoms. The van der Waals surface area contributed by atoms with Crippen molar-refractivity contribution in [3.05, 3.63) is 58.7 Å². The molecule has 0 N–H and O–H groups in total. The molecule has 1 aliphatic heterocycles. The van der Waals surface area contributed by atoms with E-state index in [0.717, 1.165) is 11.1 Å². The van der Waals surface area contributed by atoms with Gasteiger partial charge < -0.3 is 9.64 Å². The van der Waals surface area contributed by atoms with E-state index in [1.54, 1.807) is 10.6 Å². The summed E-state index contributed by atoms with van der Waals surface area (Å²) < 4.78 is 6.95. The maximum atomic E-state index is 13.4. The number of fused-ring (bicyclic) bond motifs is 1. The highest BCUT2D eigenvalue weighted by molar-refractivity contribution is 8.00. The van der Waals surface area contributed by atoms with E-state index in [0.29, 0.717) is 48.2 Å². The number of amides is 1. The van der Waals surface area contributed by atoms with Crippen LogP contribution >= 0.6 is 23.1 Å². The van der Waals surface area contributed by atoms with E-state index in [4.69, 9.17) is 9.72 Å². The van der Waals surface area contributed by atoms with Gasteiger partial charge in [-0.15, -0.1) is 17.9 Å². The predicted molar refractivity (Wildman–Crippen MR) is 122 cm³/mol. The number of ether oxygens (including phenoxy) is 1. The summed E-state index contributed by atoms with van der Waals surface area (Å²) in [6.07, 6.45) is 1.68. The van der Waals surface area contributed by atoms with Crippen LogP contribution in [0.15, 0.2) is 58.3 Å². The van der Waals surface area contributed by atoms with Crippen molar-refractivity contribution in [2.45, 2.75) is 23.9 Å². The zero-order valence-corrected chi connectivity index (χ0v) is 18.4. The zero-order chi connectivity index (χ0) is 21.1. The van der Waals surface area contributed by atoms with Gasteiger partial charge in [0.05, 0.1) is 23.8 Å². The van der Waals surface area contributed by atoms with Crippen LogP contribution in [0.5, 0.6) is 0 Å². The van der Waals surface area contributed by atoms with Crippen molar-refractivity contribution in [3.63, 3.8) is 0 Å². The number of allylic oxidation sites excluding steroid dienone is 1. The quantitative estimate of drug-likeness (QED) is 0.332. The molecule has 0 radical (unpaired) electrons. The van der Waals surface area contributed by atoms with Crippen LogP contribution in [0.4, 0.5) is 0 Å². The number of hydrogen-bond acceptors (Lipinski definition) is 6. The summed E-state index contributed by atoms with van der Waals surface area (Å²) in [6.45, 7) is 8.31. The Balaban J connectivity index is 1.71. The van der Waals surface area contributed by atoms with Gasteiger partial charge in [-0.3, -0.25) is 14.2 Å². The maximum absolute atomic E-state index is 13.4. The van der Waals surface area contributed by atoms with Gasteiger partial charge in [-0.1, -0.05) is 48.2 Å². The summed E-state index contributed by atoms with van der Waals surface area (Å²) in [5.74, 6) is 0.0407. The van der Waals surface area contributed by atoms with Gasteiger partial charge in [0.15, 0.2) is 5.16 Å². The average Bonchev–Trinajstić information content (AvgIpc) is 3.21. The molecule has 1 aromatic carbocycles. The van der Waals surface area contributed by atoms with Crippen LogP contribution in [0.25, 0.3) is 21.3 Å². The molecule has 1 fully saturated rings.